The van der Waals surface area contributed by atoms with E-state index in [1.165, 1.54) is 5.56 Å². The van der Waals surface area contributed by atoms with Crippen molar-refractivity contribution in [1.29, 1.82) is 0 Å². The highest BCUT2D eigenvalue weighted by Crippen LogP contribution is 2.26. The first-order valence-corrected chi connectivity index (χ1v) is 11.4. The molecule has 2 aromatic rings. The molecule has 2 heterocycles. The molecule has 0 radical (unpaired) electrons. The second kappa shape index (κ2) is 9.77. The quantitative estimate of drug-likeness (QED) is 0.689. The van der Waals surface area contributed by atoms with Gasteiger partial charge in [0.05, 0.1) is 5.92 Å². The van der Waals surface area contributed by atoms with Crippen molar-refractivity contribution in [2.75, 3.05) is 26.2 Å². The van der Waals surface area contributed by atoms with Crippen LogP contribution in [0.15, 0.2) is 54.6 Å². The van der Waals surface area contributed by atoms with Crippen LogP contribution >= 0.6 is 11.6 Å². The lowest BCUT2D eigenvalue weighted by atomic mass is 9.89. The summed E-state index contributed by atoms with van der Waals surface area (Å²) >= 11 is 6.33. The van der Waals surface area contributed by atoms with Crippen molar-refractivity contribution in [2.24, 2.45) is 11.8 Å². The Balaban J connectivity index is 1.27. The number of rotatable bonds is 5. The Morgan fingerprint density at radius 2 is 1.66 bits per heavy atom. The smallest absolute Gasteiger partial charge is 0.226 e. The third-order valence-electron chi connectivity index (χ3n) is 6.50. The molecule has 0 unspecified atom stereocenters. The number of amides is 1. The Bertz CT molecular complexity index is 801. The molecule has 0 bridgehead atoms. The van der Waals surface area contributed by atoms with Gasteiger partial charge >= 0.3 is 0 Å². The fourth-order valence-corrected chi connectivity index (χ4v) is 5.03. The van der Waals surface area contributed by atoms with Gasteiger partial charge in [0.2, 0.25) is 5.91 Å². The number of benzene rings is 2. The van der Waals surface area contributed by atoms with E-state index in [9.17, 15) is 4.79 Å². The van der Waals surface area contributed by atoms with Crippen molar-refractivity contribution in [2.45, 2.75) is 38.6 Å². The lowest BCUT2D eigenvalue weighted by Gasteiger charge is -2.38. The lowest BCUT2D eigenvalue weighted by molar-refractivity contribution is -0.138. The van der Waals surface area contributed by atoms with Gasteiger partial charge in [-0.2, -0.15) is 0 Å². The van der Waals surface area contributed by atoms with Gasteiger partial charge in [-0.3, -0.25) is 9.69 Å². The molecule has 2 aromatic carbocycles. The largest absolute Gasteiger partial charge is 0.342 e. The van der Waals surface area contributed by atoms with E-state index in [4.69, 9.17) is 11.6 Å². The molecule has 0 N–H and O–H groups in total. The Kier molecular flexibility index (Phi) is 6.89. The zero-order valence-electron chi connectivity index (χ0n) is 17.1. The number of halogens is 1. The van der Waals surface area contributed by atoms with Crippen molar-refractivity contribution in [3.63, 3.8) is 0 Å². The predicted octanol–water partition coefficient (Wildman–Crippen LogP) is 5.03. The normalized spacial score (nSPS) is 21.3. The molecule has 2 aliphatic rings. The molecule has 3 nitrogen and oxygen atoms in total. The van der Waals surface area contributed by atoms with Crippen LogP contribution in [0.2, 0.25) is 5.02 Å². The minimum atomic E-state index is 0.136. The minimum absolute atomic E-state index is 0.136. The first kappa shape index (κ1) is 20.4. The maximum absolute atomic E-state index is 13.2. The highest BCUT2D eigenvalue weighted by atomic mass is 35.5. The topological polar surface area (TPSA) is 23.6 Å². The summed E-state index contributed by atoms with van der Waals surface area (Å²) in [4.78, 5) is 17.7. The molecule has 2 saturated heterocycles. The van der Waals surface area contributed by atoms with E-state index in [2.05, 4.69) is 46.2 Å². The van der Waals surface area contributed by atoms with Gasteiger partial charge < -0.3 is 4.90 Å². The maximum Gasteiger partial charge on any atom is 0.226 e. The first-order valence-electron chi connectivity index (χ1n) is 11.0. The van der Waals surface area contributed by atoms with E-state index < -0.39 is 0 Å². The number of carbonyl (C=O) groups excluding carboxylic acids is 1. The van der Waals surface area contributed by atoms with Gasteiger partial charge in [0.25, 0.3) is 0 Å². The van der Waals surface area contributed by atoms with E-state index >= 15 is 0 Å². The molecule has 1 amide bonds. The van der Waals surface area contributed by atoms with Gasteiger partial charge in [-0.05, 0) is 61.8 Å². The summed E-state index contributed by atoms with van der Waals surface area (Å²) in [5, 5.41) is 0.821. The first-order chi connectivity index (χ1) is 14.2. The third-order valence-corrected chi connectivity index (χ3v) is 6.87. The van der Waals surface area contributed by atoms with Crippen molar-refractivity contribution < 1.29 is 4.79 Å². The summed E-state index contributed by atoms with van der Waals surface area (Å²) in [7, 11) is 0. The third kappa shape index (κ3) is 5.40. The zero-order chi connectivity index (χ0) is 20.1. The summed E-state index contributed by atoms with van der Waals surface area (Å²) in [6.45, 7) is 4.57. The minimum Gasteiger partial charge on any atom is -0.342 e. The van der Waals surface area contributed by atoms with E-state index in [0.29, 0.717) is 11.8 Å². The lowest BCUT2D eigenvalue weighted by Crippen LogP contribution is -2.47. The molecule has 1 atom stereocenters. The van der Waals surface area contributed by atoms with Gasteiger partial charge in [-0.1, -0.05) is 60.1 Å². The molecule has 0 aliphatic carbocycles. The second-order valence-corrected chi connectivity index (χ2v) is 9.03. The average molecular weight is 411 g/mol. The zero-order valence-corrected chi connectivity index (χ0v) is 17.9. The molecule has 0 aromatic heterocycles. The molecular formula is C25H31ClN2O. The van der Waals surface area contributed by atoms with Crippen molar-refractivity contribution >= 4 is 17.5 Å². The Hall–Kier alpha value is -1.84. The molecule has 0 spiro atoms. The van der Waals surface area contributed by atoms with E-state index in [0.717, 1.165) is 75.4 Å². The maximum atomic E-state index is 13.2. The van der Waals surface area contributed by atoms with Crippen LogP contribution in [0.1, 0.15) is 36.8 Å². The summed E-state index contributed by atoms with van der Waals surface area (Å²) < 4.78 is 0. The highest BCUT2D eigenvalue weighted by molar-refractivity contribution is 6.31. The SMILES string of the molecule is O=C([C@H]1CCCN(Cc2ccccc2Cl)C1)N1CCC(Cc2ccccc2)CC1. The fraction of sp³-hybridized carbons (Fsp3) is 0.480. The molecule has 4 rings (SSSR count). The van der Waals surface area contributed by atoms with Crippen LogP contribution in [0.4, 0.5) is 0 Å². The van der Waals surface area contributed by atoms with Gasteiger partial charge in [0.1, 0.15) is 0 Å². The molecule has 2 aliphatic heterocycles. The fourth-order valence-electron chi connectivity index (χ4n) is 4.83. The summed E-state index contributed by atoms with van der Waals surface area (Å²) in [5.41, 5.74) is 2.57. The van der Waals surface area contributed by atoms with Crippen LogP contribution < -0.4 is 0 Å². The van der Waals surface area contributed by atoms with Crippen LogP contribution in [-0.4, -0.2) is 41.9 Å². The van der Waals surface area contributed by atoms with Crippen LogP contribution in [0.5, 0.6) is 0 Å². The molecular weight excluding hydrogens is 380 g/mol. The number of piperidine rings is 2. The van der Waals surface area contributed by atoms with Gasteiger partial charge in [-0.25, -0.2) is 0 Å². The van der Waals surface area contributed by atoms with E-state index in [1.807, 2.05) is 18.2 Å². The molecule has 154 valence electrons. The summed E-state index contributed by atoms with van der Waals surface area (Å²) in [6.07, 6.45) is 5.48. The Labute approximate surface area is 179 Å². The summed E-state index contributed by atoms with van der Waals surface area (Å²) in [5.74, 6) is 1.20. The standard InChI is InChI=1S/C25H31ClN2O/c26-24-11-5-4-9-22(24)18-27-14-6-10-23(19-27)25(29)28-15-12-21(13-16-28)17-20-7-2-1-3-8-20/h1-5,7-9,11,21,23H,6,10,12-19H2/t23-/m0/s1. The van der Waals surface area contributed by atoms with Crippen molar-refractivity contribution in [1.82, 2.24) is 9.80 Å². The molecule has 2 fully saturated rings. The summed E-state index contributed by atoms with van der Waals surface area (Å²) in [6, 6.07) is 18.8. The van der Waals surface area contributed by atoms with Gasteiger partial charge in [0.15, 0.2) is 0 Å². The van der Waals surface area contributed by atoms with E-state index in [1.54, 1.807) is 0 Å². The van der Waals surface area contributed by atoms with Crippen LogP contribution in [-0.2, 0) is 17.8 Å². The predicted molar refractivity (Wildman–Crippen MR) is 119 cm³/mol. The molecule has 0 saturated carbocycles. The number of hydrogen-bond donors (Lipinski definition) is 0. The molecule has 4 heteroatoms. The van der Waals surface area contributed by atoms with Gasteiger partial charge in [-0.15, -0.1) is 0 Å². The number of likely N-dealkylation sites (tertiary alicyclic amines) is 2. The number of nitrogens with zero attached hydrogens (tertiary/aromatic N) is 2. The van der Waals surface area contributed by atoms with Crippen molar-refractivity contribution in [3.05, 3.63) is 70.7 Å². The monoisotopic (exact) mass is 410 g/mol. The molecule has 29 heavy (non-hydrogen) atoms. The van der Waals surface area contributed by atoms with Crippen LogP contribution in [0.3, 0.4) is 0 Å². The van der Waals surface area contributed by atoms with Crippen molar-refractivity contribution in [3.8, 4) is 0 Å². The highest BCUT2D eigenvalue weighted by Gasteiger charge is 2.31. The number of hydrogen-bond acceptors (Lipinski definition) is 2. The second-order valence-electron chi connectivity index (χ2n) is 8.62. The van der Waals surface area contributed by atoms with E-state index in [-0.39, 0.29) is 5.92 Å². The Morgan fingerprint density at radius 3 is 2.41 bits per heavy atom. The van der Waals surface area contributed by atoms with Crippen LogP contribution in [0, 0.1) is 11.8 Å². The van der Waals surface area contributed by atoms with Crippen LogP contribution in [0.25, 0.3) is 0 Å². The average Bonchev–Trinajstić information content (AvgIpc) is 2.76. The number of carbonyl (C=O) groups is 1. The van der Waals surface area contributed by atoms with Gasteiger partial charge in [0, 0.05) is 31.2 Å². The Morgan fingerprint density at radius 1 is 0.931 bits per heavy atom.